The lowest BCUT2D eigenvalue weighted by molar-refractivity contribution is -0.136. The van der Waals surface area contributed by atoms with Gasteiger partial charge in [0.1, 0.15) is 11.9 Å². The number of hydrogen-bond donors (Lipinski definition) is 1. The summed E-state index contributed by atoms with van der Waals surface area (Å²) in [6.45, 7) is 5.92. The third kappa shape index (κ3) is 6.43. The van der Waals surface area contributed by atoms with Crippen molar-refractivity contribution in [1.82, 2.24) is 15.1 Å². The lowest BCUT2D eigenvalue weighted by Gasteiger charge is -2.37. The number of nitrogens with one attached hydrogen (secondary N) is 1. The molecule has 0 radical (unpaired) electrons. The summed E-state index contributed by atoms with van der Waals surface area (Å²) in [5.41, 5.74) is 1.06. The topological polar surface area (TPSA) is 69.7 Å². The maximum atomic E-state index is 14.2. The molecule has 34 heavy (non-hydrogen) atoms. The van der Waals surface area contributed by atoms with E-state index in [0.717, 1.165) is 5.56 Å². The molecule has 1 heterocycles. The monoisotopic (exact) mass is 467 g/mol. The van der Waals surface area contributed by atoms with Gasteiger partial charge in [-0.1, -0.05) is 42.5 Å². The number of amides is 3. The average Bonchev–Trinajstić information content (AvgIpc) is 2.87. The van der Waals surface area contributed by atoms with E-state index < -0.39 is 17.8 Å². The Kier molecular flexibility index (Phi) is 9.19. The molecule has 0 aromatic heterocycles. The maximum absolute atomic E-state index is 14.2. The van der Waals surface area contributed by atoms with Crippen LogP contribution in [0, 0.1) is 11.7 Å². The summed E-state index contributed by atoms with van der Waals surface area (Å²) < 4.78 is 14.2. The molecule has 7 heteroatoms. The quantitative estimate of drug-likeness (QED) is 0.612. The molecule has 3 rings (SSSR count). The van der Waals surface area contributed by atoms with E-state index in [0.29, 0.717) is 51.9 Å². The van der Waals surface area contributed by atoms with Crippen molar-refractivity contribution < 1.29 is 18.8 Å². The van der Waals surface area contributed by atoms with Gasteiger partial charge in [0.05, 0.1) is 5.56 Å². The predicted octanol–water partition coefficient (Wildman–Crippen LogP) is 3.66. The van der Waals surface area contributed by atoms with Crippen LogP contribution in [0.3, 0.4) is 0 Å². The lowest BCUT2D eigenvalue weighted by atomic mass is 9.88. The number of halogens is 1. The van der Waals surface area contributed by atoms with Gasteiger partial charge in [-0.3, -0.25) is 14.4 Å². The van der Waals surface area contributed by atoms with Crippen LogP contribution in [-0.4, -0.2) is 59.7 Å². The summed E-state index contributed by atoms with van der Waals surface area (Å²) in [5, 5.41) is 2.81. The van der Waals surface area contributed by atoms with Crippen molar-refractivity contribution in [3.8, 4) is 0 Å². The molecule has 1 unspecified atom stereocenters. The molecule has 1 aliphatic heterocycles. The number of carbonyl (C=O) groups is 3. The number of hydrogen-bond acceptors (Lipinski definition) is 3. The fraction of sp³-hybridized carbons (Fsp3) is 0.444. The van der Waals surface area contributed by atoms with Gasteiger partial charge in [0.15, 0.2) is 0 Å². The van der Waals surface area contributed by atoms with E-state index in [9.17, 15) is 18.8 Å². The van der Waals surface area contributed by atoms with Crippen molar-refractivity contribution in [2.24, 2.45) is 5.92 Å². The first kappa shape index (κ1) is 25.4. The molecule has 1 N–H and O–H groups in total. The minimum atomic E-state index is -0.756. The highest BCUT2D eigenvalue weighted by molar-refractivity contribution is 5.97. The van der Waals surface area contributed by atoms with Gasteiger partial charge in [-0.2, -0.15) is 0 Å². The van der Waals surface area contributed by atoms with Gasteiger partial charge >= 0.3 is 0 Å². The normalized spacial score (nSPS) is 15.0. The third-order valence-corrected chi connectivity index (χ3v) is 6.58. The first-order valence-electron chi connectivity index (χ1n) is 12.1. The Labute approximate surface area is 201 Å². The molecule has 0 spiro atoms. The van der Waals surface area contributed by atoms with Crippen LogP contribution in [0.4, 0.5) is 4.39 Å². The molecule has 6 nitrogen and oxygen atoms in total. The van der Waals surface area contributed by atoms with Gasteiger partial charge in [0.2, 0.25) is 11.8 Å². The number of rotatable bonds is 9. The second kappa shape index (κ2) is 12.3. The second-order valence-electron chi connectivity index (χ2n) is 8.65. The Balaban J connectivity index is 1.64. The molecule has 0 aliphatic carbocycles. The standard InChI is InChI=1S/C27H34FN3O3/c1-3-30(4-2)27(34)25(29-26(33)22-12-8-9-13-23(22)28)21-16-18-31(19-17-21)24(32)15-14-20-10-6-5-7-11-20/h5-13,21,25H,3-4,14-19H2,1-2H3,(H,29,33). The zero-order chi connectivity index (χ0) is 24.5. The molecule has 182 valence electrons. The van der Waals surface area contributed by atoms with E-state index in [-0.39, 0.29) is 23.3 Å². The van der Waals surface area contributed by atoms with E-state index in [1.165, 1.54) is 18.2 Å². The predicted molar refractivity (Wildman–Crippen MR) is 130 cm³/mol. The minimum absolute atomic E-state index is 0.0756. The van der Waals surface area contributed by atoms with Gasteiger partial charge in [0.25, 0.3) is 5.91 Å². The molecule has 2 aromatic rings. The Morgan fingerprint density at radius 2 is 1.62 bits per heavy atom. The number of benzene rings is 2. The lowest BCUT2D eigenvalue weighted by Crippen LogP contribution is -2.54. The van der Waals surface area contributed by atoms with Crippen LogP contribution in [0.1, 0.15) is 49.0 Å². The summed E-state index contributed by atoms with van der Waals surface area (Å²) >= 11 is 0. The number of nitrogens with zero attached hydrogens (tertiary/aromatic N) is 2. The molecule has 0 bridgehead atoms. The molecule has 3 amide bonds. The number of carbonyl (C=O) groups excluding carboxylic acids is 3. The van der Waals surface area contributed by atoms with Gasteiger partial charge in [-0.05, 0) is 56.7 Å². The Morgan fingerprint density at radius 3 is 2.24 bits per heavy atom. The van der Waals surface area contributed by atoms with Crippen molar-refractivity contribution in [2.75, 3.05) is 26.2 Å². The summed E-state index contributed by atoms with van der Waals surface area (Å²) in [5.74, 6) is -1.40. The van der Waals surface area contributed by atoms with Gasteiger partial charge < -0.3 is 15.1 Å². The van der Waals surface area contributed by atoms with Crippen LogP contribution in [0.15, 0.2) is 54.6 Å². The fourth-order valence-electron chi connectivity index (χ4n) is 4.51. The largest absolute Gasteiger partial charge is 0.343 e. The number of aryl methyl sites for hydroxylation is 1. The van der Waals surface area contributed by atoms with Crippen LogP contribution in [0.25, 0.3) is 0 Å². The van der Waals surface area contributed by atoms with Crippen molar-refractivity contribution in [1.29, 1.82) is 0 Å². The van der Waals surface area contributed by atoms with E-state index >= 15 is 0 Å². The molecule has 1 atom stereocenters. The maximum Gasteiger partial charge on any atom is 0.254 e. The number of likely N-dealkylation sites (tertiary alicyclic amines) is 1. The molecule has 1 saturated heterocycles. The smallest absolute Gasteiger partial charge is 0.254 e. The van der Waals surface area contributed by atoms with Crippen LogP contribution < -0.4 is 5.32 Å². The Bertz CT molecular complexity index is 970. The Morgan fingerprint density at radius 1 is 1.00 bits per heavy atom. The molecule has 1 fully saturated rings. The van der Waals surface area contributed by atoms with Crippen LogP contribution in [0.2, 0.25) is 0 Å². The molecular formula is C27H34FN3O3. The summed E-state index contributed by atoms with van der Waals surface area (Å²) in [6, 6.07) is 14.9. The van der Waals surface area contributed by atoms with Crippen LogP contribution >= 0.6 is 0 Å². The highest BCUT2D eigenvalue weighted by atomic mass is 19.1. The zero-order valence-electron chi connectivity index (χ0n) is 20.0. The number of piperidine rings is 1. The van der Waals surface area contributed by atoms with Crippen molar-refractivity contribution >= 4 is 17.7 Å². The van der Waals surface area contributed by atoms with E-state index in [2.05, 4.69) is 5.32 Å². The second-order valence-corrected chi connectivity index (χ2v) is 8.65. The summed E-state index contributed by atoms with van der Waals surface area (Å²) in [4.78, 5) is 42.3. The zero-order valence-corrected chi connectivity index (χ0v) is 20.0. The highest BCUT2D eigenvalue weighted by Gasteiger charge is 2.35. The minimum Gasteiger partial charge on any atom is -0.343 e. The number of likely N-dealkylation sites (N-methyl/N-ethyl adjacent to an activating group) is 1. The van der Waals surface area contributed by atoms with E-state index in [1.807, 2.05) is 49.1 Å². The summed E-state index contributed by atoms with van der Waals surface area (Å²) in [6.07, 6.45) is 2.35. The first-order chi connectivity index (χ1) is 16.4. The van der Waals surface area contributed by atoms with Gasteiger partial charge in [0, 0.05) is 32.6 Å². The first-order valence-corrected chi connectivity index (χ1v) is 12.1. The summed E-state index contributed by atoms with van der Waals surface area (Å²) in [7, 11) is 0. The molecule has 2 aromatic carbocycles. The van der Waals surface area contributed by atoms with Crippen molar-refractivity contribution in [3.05, 3.63) is 71.5 Å². The third-order valence-electron chi connectivity index (χ3n) is 6.58. The van der Waals surface area contributed by atoms with Gasteiger partial charge in [-0.15, -0.1) is 0 Å². The highest BCUT2D eigenvalue weighted by Crippen LogP contribution is 2.24. The van der Waals surface area contributed by atoms with Crippen molar-refractivity contribution in [2.45, 2.75) is 45.6 Å². The molecule has 0 saturated carbocycles. The molecule has 1 aliphatic rings. The van der Waals surface area contributed by atoms with Crippen LogP contribution in [0.5, 0.6) is 0 Å². The average molecular weight is 468 g/mol. The van der Waals surface area contributed by atoms with E-state index in [1.54, 1.807) is 11.0 Å². The SMILES string of the molecule is CCN(CC)C(=O)C(NC(=O)c1ccccc1F)C1CCN(C(=O)CCc2ccccc2)CC1. The van der Waals surface area contributed by atoms with Crippen molar-refractivity contribution in [3.63, 3.8) is 0 Å². The Hall–Kier alpha value is -3.22. The van der Waals surface area contributed by atoms with Crippen LogP contribution in [-0.2, 0) is 16.0 Å². The fourth-order valence-corrected chi connectivity index (χ4v) is 4.51. The van der Waals surface area contributed by atoms with Gasteiger partial charge in [-0.25, -0.2) is 4.39 Å². The van der Waals surface area contributed by atoms with E-state index in [4.69, 9.17) is 0 Å². The molecular weight excluding hydrogens is 433 g/mol.